The van der Waals surface area contributed by atoms with Gasteiger partial charge >= 0.3 is 0 Å². The Labute approximate surface area is 114 Å². The number of hydrogen-bond acceptors (Lipinski definition) is 4. The minimum atomic E-state index is -3.98. The van der Waals surface area contributed by atoms with Crippen LogP contribution < -0.4 is 9.88 Å². The molecule has 0 atom stereocenters. The maximum Gasteiger partial charge on any atom is 0.253 e. The minimum Gasteiger partial charge on any atom is -0.494 e. The van der Waals surface area contributed by atoms with Crippen LogP contribution in [0.2, 0.25) is 0 Å². The molecular formula is C10H13BrN2O4S. The molecule has 8 heteroatoms. The van der Waals surface area contributed by atoms with Crippen molar-refractivity contribution in [3.05, 3.63) is 22.2 Å². The highest BCUT2D eigenvalue weighted by atomic mass is 79.9. The number of amides is 1. The number of benzene rings is 1. The summed E-state index contributed by atoms with van der Waals surface area (Å²) in [5.74, 6) is -0.254. The smallest absolute Gasteiger partial charge is 0.253 e. The molecule has 0 aliphatic carbocycles. The Morgan fingerprint density at radius 3 is 2.33 bits per heavy atom. The summed E-state index contributed by atoms with van der Waals surface area (Å²) in [6, 6.07) is 2.68. The maximum atomic E-state index is 11.8. The summed E-state index contributed by atoms with van der Waals surface area (Å²) >= 11 is 3.15. The fourth-order valence-electron chi connectivity index (χ4n) is 1.36. The maximum absolute atomic E-state index is 11.8. The first-order valence-corrected chi connectivity index (χ1v) is 7.14. The zero-order valence-electron chi connectivity index (χ0n) is 10.1. The lowest BCUT2D eigenvalue weighted by molar-refractivity contribution is 0.0827. The van der Waals surface area contributed by atoms with Crippen LogP contribution in [0.1, 0.15) is 10.4 Å². The third-order valence-electron chi connectivity index (χ3n) is 2.17. The number of ether oxygens (including phenoxy) is 1. The van der Waals surface area contributed by atoms with Gasteiger partial charge in [0.05, 0.1) is 11.6 Å². The van der Waals surface area contributed by atoms with Crippen molar-refractivity contribution in [2.24, 2.45) is 5.14 Å². The summed E-state index contributed by atoms with van der Waals surface area (Å²) in [5, 5.41) is 5.09. The van der Waals surface area contributed by atoms with Gasteiger partial charge in [0.2, 0.25) is 10.0 Å². The van der Waals surface area contributed by atoms with Crippen molar-refractivity contribution in [1.82, 2.24) is 4.90 Å². The highest BCUT2D eigenvalue weighted by Gasteiger charge is 2.21. The van der Waals surface area contributed by atoms with E-state index in [0.717, 1.165) is 0 Å². The van der Waals surface area contributed by atoms with E-state index in [4.69, 9.17) is 9.88 Å². The topological polar surface area (TPSA) is 89.7 Å². The van der Waals surface area contributed by atoms with E-state index < -0.39 is 10.0 Å². The Morgan fingerprint density at radius 2 is 1.94 bits per heavy atom. The molecule has 1 rings (SSSR count). The molecule has 6 nitrogen and oxygen atoms in total. The quantitative estimate of drug-likeness (QED) is 0.884. The molecule has 0 fully saturated rings. The summed E-state index contributed by atoms with van der Waals surface area (Å²) in [6.07, 6.45) is 0. The number of carbonyl (C=O) groups is 1. The predicted octanol–water partition coefficient (Wildman–Crippen LogP) is 0.807. The first-order chi connectivity index (χ1) is 8.18. The molecule has 0 aliphatic heterocycles. The highest BCUT2D eigenvalue weighted by molar-refractivity contribution is 9.10. The molecule has 0 unspecified atom stereocenters. The van der Waals surface area contributed by atoms with Gasteiger partial charge in [-0.15, -0.1) is 0 Å². The zero-order chi connectivity index (χ0) is 14.1. The van der Waals surface area contributed by atoms with E-state index in [2.05, 4.69) is 15.9 Å². The molecule has 0 heterocycles. The van der Waals surface area contributed by atoms with Crippen molar-refractivity contribution >= 4 is 31.9 Å². The van der Waals surface area contributed by atoms with Crippen LogP contribution in [0.25, 0.3) is 0 Å². The number of methoxy groups -OCH3 is 1. The third kappa shape index (κ3) is 3.01. The summed E-state index contributed by atoms with van der Waals surface area (Å²) < 4.78 is 28.2. The van der Waals surface area contributed by atoms with Gasteiger partial charge in [0.25, 0.3) is 5.91 Å². The first kappa shape index (κ1) is 14.9. The summed E-state index contributed by atoms with van der Waals surface area (Å²) in [6.45, 7) is 0. The average molecular weight is 337 g/mol. The third-order valence-corrected chi connectivity index (χ3v) is 3.68. The number of primary sulfonamides is 1. The lowest BCUT2D eigenvalue weighted by Crippen LogP contribution is -2.23. The molecule has 1 aromatic rings. The van der Waals surface area contributed by atoms with Crippen LogP contribution in [-0.2, 0) is 10.0 Å². The van der Waals surface area contributed by atoms with E-state index in [-0.39, 0.29) is 22.1 Å². The highest BCUT2D eigenvalue weighted by Crippen LogP contribution is 2.33. The van der Waals surface area contributed by atoms with E-state index in [1.807, 2.05) is 0 Å². The van der Waals surface area contributed by atoms with Gasteiger partial charge in [-0.05, 0) is 28.1 Å². The fraction of sp³-hybridized carbons (Fsp3) is 0.300. The largest absolute Gasteiger partial charge is 0.494 e. The number of hydrogen-bond donors (Lipinski definition) is 1. The van der Waals surface area contributed by atoms with Crippen LogP contribution in [-0.4, -0.2) is 40.4 Å². The van der Waals surface area contributed by atoms with Crippen LogP contribution >= 0.6 is 15.9 Å². The first-order valence-electron chi connectivity index (χ1n) is 4.80. The van der Waals surface area contributed by atoms with Crippen LogP contribution in [0.15, 0.2) is 21.5 Å². The molecule has 0 bridgehead atoms. The van der Waals surface area contributed by atoms with E-state index in [1.165, 1.54) is 24.1 Å². The van der Waals surface area contributed by atoms with Gasteiger partial charge in [0.15, 0.2) is 5.75 Å². The molecule has 0 saturated heterocycles. The van der Waals surface area contributed by atoms with E-state index in [0.29, 0.717) is 4.47 Å². The van der Waals surface area contributed by atoms with Gasteiger partial charge in [0.1, 0.15) is 4.90 Å². The molecule has 1 amide bonds. The number of rotatable bonds is 3. The molecule has 0 saturated carbocycles. The monoisotopic (exact) mass is 336 g/mol. The lowest BCUT2D eigenvalue weighted by atomic mass is 10.2. The SMILES string of the molecule is COc1c(Br)cc(C(=O)N(C)C)cc1S(N)(=O)=O. The molecule has 1 aromatic carbocycles. The Morgan fingerprint density at radius 1 is 1.39 bits per heavy atom. The van der Waals surface area contributed by atoms with E-state index in [9.17, 15) is 13.2 Å². The Hall–Kier alpha value is -1.12. The van der Waals surface area contributed by atoms with Gasteiger partial charge in [-0.3, -0.25) is 4.79 Å². The van der Waals surface area contributed by atoms with Gasteiger partial charge in [-0.2, -0.15) is 0 Å². The summed E-state index contributed by atoms with van der Waals surface area (Å²) in [4.78, 5) is 12.9. The number of carbonyl (C=O) groups excluding carboxylic acids is 1. The van der Waals surface area contributed by atoms with Gasteiger partial charge in [0, 0.05) is 19.7 Å². The number of nitrogens with two attached hydrogens (primary N) is 1. The van der Waals surface area contributed by atoms with E-state index >= 15 is 0 Å². The van der Waals surface area contributed by atoms with Crippen molar-refractivity contribution in [3.8, 4) is 5.75 Å². The lowest BCUT2D eigenvalue weighted by Gasteiger charge is -2.14. The number of halogens is 1. The summed E-state index contributed by atoms with van der Waals surface area (Å²) in [5.41, 5.74) is 0.205. The summed E-state index contributed by atoms with van der Waals surface area (Å²) in [7, 11) is 0.479. The van der Waals surface area contributed by atoms with Gasteiger partial charge in [-0.1, -0.05) is 0 Å². The van der Waals surface area contributed by atoms with Crippen molar-refractivity contribution in [2.45, 2.75) is 4.90 Å². The normalized spacial score (nSPS) is 11.2. The predicted molar refractivity (Wildman–Crippen MR) is 70.1 cm³/mol. The van der Waals surface area contributed by atoms with Crippen molar-refractivity contribution < 1.29 is 17.9 Å². The van der Waals surface area contributed by atoms with Crippen molar-refractivity contribution in [1.29, 1.82) is 0 Å². The molecule has 0 radical (unpaired) electrons. The molecule has 0 aromatic heterocycles. The van der Waals surface area contributed by atoms with Gasteiger partial charge < -0.3 is 9.64 Å². The standard InChI is InChI=1S/C10H13BrN2O4S/c1-13(2)10(14)6-4-7(11)9(17-3)8(5-6)18(12,15)16/h4-5H,1-3H3,(H2,12,15,16). The van der Waals surface area contributed by atoms with E-state index in [1.54, 1.807) is 14.1 Å². The zero-order valence-corrected chi connectivity index (χ0v) is 12.5. The fourth-order valence-corrected chi connectivity index (χ4v) is 2.86. The second kappa shape index (κ2) is 5.25. The van der Waals surface area contributed by atoms with Crippen LogP contribution in [0, 0.1) is 0 Å². The molecule has 0 spiro atoms. The van der Waals surface area contributed by atoms with Gasteiger partial charge in [-0.25, -0.2) is 13.6 Å². The molecule has 0 aliphatic rings. The van der Waals surface area contributed by atoms with Crippen molar-refractivity contribution in [2.75, 3.05) is 21.2 Å². The molecular weight excluding hydrogens is 324 g/mol. The number of sulfonamides is 1. The van der Waals surface area contributed by atoms with Crippen LogP contribution in [0.3, 0.4) is 0 Å². The average Bonchev–Trinajstić information content (AvgIpc) is 2.25. The number of nitrogens with zero attached hydrogens (tertiary/aromatic N) is 1. The molecule has 2 N–H and O–H groups in total. The second-order valence-corrected chi connectivity index (χ2v) is 6.12. The molecule has 100 valence electrons. The van der Waals surface area contributed by atoms with Crippen LogP contribution in [0.4, 0.5) is 0 Å². The Balaban J connectivity index is 3.55. The Kier molecular flexibility index (Phi) is 4.36. The molecule has 18 heavy (non-hydrogen) atoms. The second-order valence-electron chi connectivity index (χ2n) is 3.73. The Bertz CT molecular complexity index is 584. The van der Waals surface area contributed by atoms with Crippen molar-refractivity contribution in [3.63, 3.8) is 0 Å². The van der Waals surface area contributed by atoms with Crippen LogP contribution in [0.5, 0.6) is 5.75 Å². The minimum absolute atomic E-state index is 0.0767.